The van der Waals surface area contributed by atoms with Crippen LogP contribution >= 0.6 is 7.67 Å². The molecule has 1 aromatic rings. The van der Waals surface area contributed by atoms with E-state index in [1.54, 1.807) is 0 Å². The Labute approximate surface area is 114 Å². The van der Waals surface area contributed by atoms with E-state index in [1.165, 1.54) is 19.3 Å². The molecule has 1 N–H and O–H groups in total. The summed E-state index contributed by atoms with van der Waals surface area (Å²) in [6, 6.07) is 9.82. The third-order valence-corrected chi connectivity index (χ3v) is 6.46. The summed E-state index contributed by atoms with van der Waals surface area (Å²) in [7, 11) is -1.00. The number of hydrogen-bond donors (Lipinski definition) is 1. The summed E-state index contributed by atoms with van der Waals surface area (Å²) in [6.45, 7) is 0.805. The minimum absolute atomic E-state index is 0.393. The predicted octanol–water partition coefficient (Wildman–Crippen LogP) is 3.27. The molecule has 0 bridgehead atoms. The standard InChI is InChI=1S/C14H21N2O2P/c1-16-14-10-6-5-7-12(14)11-15-19(16,17)18-13-8-3-2-4-9-13/h2-4,8-9,12,14H,5-7,10-11H2,1H3,(H,15,17)/t12-,14+,19?/m1/s1. The minimum atomic E-state index is -2.93. The zero-order valence-electron chi connectivity index (χ0n) is 11.3. The highest BCUT2D eigenvalue weighted by molar-refractivity contribution is 7.54. The Morgan fingerprint density at radius 2 is 2.00 bits per heavy atom. The van der Waals surface area contributed by atoms with Gasteiger partial charge in [-0.05, 0) is 37.9 Å². The van der Waals surface area contributed by atoms with E-state index < -0.39 is 7.67 Å². The van der Waals surface area contributed by atoms with E-state index in [2.05, 4.69) is 5.09 Å². The van der Waals surface area contributed by atoms with Crippen molar-refractivity contribution in [2.24, 2.45) is 5.92 Å². The van der Waals surface area contributed by atoms with Crippen molar-refractivity contribution in [3.05, 3.63) is 30.3 Å². The van der Waals surface area contributed by atoms with Crippen molar-refractivity contribution in [2.75, 3.05) is 13.6 Å². The van der Waals surface area contributed by atoms with Crippen LogP contribution in [-0.4, -0.2) is 24.3 Å². The van der Waals surface area contributed by atoms with E-state index in [1.807, 2.05) is 42.0 Å². The summed E-state index contributed by atoms with van der Waals surface area (Å²) in [5, 5.41) is 3.15. The van der Waals surface area contributed by atoms with Gasteiger partial charge >= 0.3 is 7.67 Å². The molecule has 4 nitrogen and oxygen atoms in total. The maximum absolute atomic E-state index is 13.0. The fourth-order valence-corrected chi connectivity index (χ4v) is 5.16. The molecule has 1 heterocycles. The molecule has 0 spiro atoms. The molecule has 19 heavy (non-hydrogen) atoms. The number of para-hydroxylation sites is 1. The molecular weight excluding hydrogens is 259 g/mol. The lowest BCUT2D eigenvalue weighted by Crippen LogP contribution is -2.50. The number of fused-ring (bicyclic) bond motifs is 1. The Bertz CT molecular complexity index is 480. The van der Waals surface area contributed by atoms with E-state index in [4.69, 9.17) is 4.52 Å². The molecule has 0 aromatic heterocycles. The van der Waals surface area contributed by atoms with Crippen LogP contribution in [0, 0.1) is 5.92 Å². The second-order valence-electron chi connectivity index (χ2n) is 5.47. The summed E-state index contributed by atoms with van der Waals surface area (Å²) in [6.07, 6.45) is 4.88. The summed E-state index contributed by atoms with van der Waals surface area (Å²) in [5.74, 6) is 1.28. The van der Waals surface area contributed by atoms with Crippen LogP contribution in [0.25, 0.3) is 0 Å². The van der Waals surface area contributed by atoms with Crippen LogP contribution in [0.3, 0.4) is 0 Å². The van der Waals surface area contributed by atoms with Gasteiger partial charge in [-0.3, -0.25) is 0 Å². The molecule has 1 aromatic carbocycles. The largest absolute Gasteiger partial charge is 0.422 e. The third-order valence-electron chi connectivity index (χ3n) is 4.29. The van der Waals surface area contributed by atoms with Crippen molar-refractivity contribution in [1.82, 2.24) is 9.76 Å². The lowest BCUT2D eigenvalue weighted by Gasteiger charge is -2.45. The van der Waals surface area contributed by atoms with Crippen LogP contribution in [0.2, 0.25) is 0 Å². The van der Waals surface area contributed by atoms with Gasteiger partial charge in [0.25, 0.3) is 0 Å². The Balaban J connectivity index is 1.78. The van der Waals surface area contributed by atoms with Crippen molar-refractivity contribution in [3.63, 3.8) is 0 Å². The second-order valence-corrected chi connectivity index (χ2v) is 7.64. The van der Waals surface area contributed by atoms with Crippen molar-refractivity contribution < 1.29 is 9.09 Å². The monoisotopic (exact) mass is 280 g/mol. The highest BCUT2D eigenvalue weighted by Crippen LogP contribution is 2.52. The highest BCUT2D eigenvalue weighted by Gasteiger charge is 2.44. The fraction of sp³-hybridized carbons (Fsp3) is 0.571. The van der Waals surface area contributed by atoms with Crippen molar-refractivity contribution >= 4 is 7.67 Å². The molecule has 1 saturated carbocycles. The van der Waals surface area contributed by atoms with Crippen LogP contribution in [0.4, 0.5) is 0 Å². The second kappa shape index (κ2) is 5.28. The zero-order chi connectivity index (χ0) is 13.3. The third kappa shape index (κ3) is 2.58. The first-order valence-electron chi connectivity index (χ1n) is 7.02. The van der Waals surface area contributed by atoms with Crippen LogP contribution < -0.4 is 9.61 Å². The molecule has 0 radical (unpaired) electrons. The van der Waals surface area contributed by atoms with E-state index in [0.29, 0.717) is 17.7 Å². The Morgan fingerprint density at radius 3 is 2.79 bits per heavy atom. The van der Waals surface area contributed by atoms with E-state index in [-0.39, 0.29) is 0 Å². The van der Waals surface area contributed by atoms with E-state index in [9.17, 15) is 4.57 Å². The highest BCUT2D eigenvalue weighted by atomic mass is 31.2. The smallest absolute Gasteiger partial charge is 0.393 e. The molecule has 1 saturated heterocycles. The van der Waals surface area contributed by atoms with Crippen LogP contribution in [0.5, 0.6) is 5.75 Å². The van der Waals surface area contributed by atoms with E-state index in [0.717, 1.165) is 13.0 Å². The zero-order valence-corrected chi connectivity index (χ0v) is 12.2. The van der Waals surface area contributed by atoms with Gasteiger partial charge in [0.1, 0.15) is 5.75 Å². The van der Waals surface area contributed by atoms with Gasteiger partial charge in [-0.15, -0.1) is 0 Å². The maximum atomic E-state index is 13.0. The Morgan fingerprint density at radius 1 is 1.26 bits per heavy atom. The molecule has 104 valence electrons. The van der Waals surface area contributed by atoms with E-state index >= 15 is 0 Å². The quantitative estimate of drug-likeness (QED) is 0.844. The Hall–Kier alpha value is -0.830. The number of rotatable bonds is 2. The first-order valence-corrected chi connectivity index (χ1v) is 8.60. The van der Waals surface area contributed by atoms with Gasteiger partial charge in [-0.1, -0.05) is 31.0 Å². The summed E-state index contributed by atoms with van der Waals surface area (Å²) in [4.78, 5) is 0. The van der Waals surface area contributed by atoms with Crippen molar-refractivity contribution in [2.45, 2.75) is 31.7 Å². The SMILES string of the molecule is CN1[C@H]2CCCC[C@@H]2CNP1(=O)Oc1ccccc1. The van der Waals surface area contributed by atoms with Gasteiger partial charge in [0.05, 0.1) is 0 Å². The minimum Gasteiger partial charge on any atom is -0.422 e. The van der Waals surface area contributed by atoms with Gasteiger partial charge in [-0.2, -0.15) is 0 Å². The number of nitrogens with zero attached hydrogens (tertiary/aromatic N) is 1. The summed E-state index contributed by atoms with van der Waals surface area (Å²) >= 11 is 0. The molecule has 2 fully saturated rings. The first-order chi connectivity index (χ1) is 9.19. The van der Waals surface area contributed by atoms with Crippen LogP contribution in [0.1, 0.15) is 25.7 Å². The van der Waals surface area contributed by atoms with Crippen molar-refractivity contribution in [3.8, 4) is 5.75 Å². The average molecular weight is 280 g/mol. The molecule has 1 unspecified atom stereocenters. The molecule has 1 aliphatic heterocycles. The fourth-order valence-electron chi connectivity index (χ4n) is 3.18. The van der Waals surface area contributed by atoms with Gasteiger partial charge < -0.3 is 4.52 Å². The van der Waals surface area contributed by atoms with Gasteiger partial charge in [0.15, 0.2) is 0 Å². The molecule has 3 rings (SSSR count). The normalized spacial score (nSPS) is 35.6. The summed E-state index contributed by atoms with van der Waals surface area (Å²) in [5.41, 5.74) is 0. The number of hydrogen-bond acceptors (Lipinski definition) is 2. The van der Waals surface area contributed by atoms with Gasteiger partial charge in [0, 0.05) is 12.6 Å². The molecule has 3 atom stereocenters. The maximum Gasteiger partial charge on any atom is 0.393 e. The molecule has 1 aliphatic carbocycles. The first kappa shape index (κ1) is 13.2. The molecule has 0 amide bonds. The summed E-state index contributed by atoms with van der Waals surface area (Å²) < 4.78 is 20.7. The predicted molar refractivity (Wildman–Crippen MR) is 76.2 cm³/mol. The van der Waals surface area contributed by atoms with Crippen molar-refractivity contribution in [1.29, 1.82) is 0 Å². The average Bonchev–Trinajstić information content (AvgIpc) is 2.45. The molecule has 5 heteroatoms. The van der Waals surface area contributed by atoms with Gasteiger partial charge in [-0.25, -0.2) is 14.3 Å². The number of benzene rings is 1. The van der Waals surface area contributed by atoms with Gasteiger partial charge in [0.2, 0.25) is 0 Å². The lowest BCUT2D eigenvalue weighted by atomic mass is 9.84. The Kier molecular flexibility index (Phi) is 3.66. The topological polar surface area (TPSA) is 41.6 Å². The van der Waals surface area contributed by atoms with Crippen LogP contribution in [0.15, 0.2) is 30.3 Å². The number of nitrogens with one attached hydrogen (secondary N) is 1. The molecular formula is C14H21N2O2P. The molecule has 2 aliphatic rings. The van der Waals surface area contributed by atoms with Crippen LogP contribution in [-0.2, 0) is 4.57 Å². The lowest BCUT2D eigenvalue weighted by molar-refractivity contribution is 0.161.